The van der Waals surface area contributed by atoms with Crippen LogP contribution in [0.3, 0.4) is 0 Å². The maximum absolute atomic E-state index is 5.30. The number of aryl methyl sites for hydroxylation is 1. The van der Waals surface area contributed by atoms with Crippen LogP contribution in [0.5, 0.6) is 0 Å². The molecule has 3 heterocycles. The maximum atomic E-state index is 5.30. The molecule has 1 fully saturated rings. The Labute approximate surface area is 131 Å². The molecule has 6 heteroatoms. The summed E-state index contributed by atoms with van der Waals surface area (Å²) in [5, 5.41) is 5.40. The van der Waals surface area contributed by atoms with Gasteiger partial charge in [0.25, 0.3) is 0 Å². The number of fused-ring (bicyclic) bond motifs is 1. The largest absolute Gasteiger partial charge is 0.384 e. The van der Waals surface area contributed by atoms with Crippen molar-refractivity contribution in [3.05, 3.63) is 12.0 Å². The molecule has 0 unspecified atom stereocenters. The lowest BCUT2D eigenvalue weighted by Gasteiger charge is -2.22. The molecule has 0 spiro atoms. The maximum Gasteiger partial charge on any atom is 0.163 e. The molecule has 2 aromatic heterocycles. The van der Waals surface area contributed by atoms with Crippen LogP contribution in [-0.4, -0.2) is 46.6 Å². The fraction of sp³-hybridized carbons (Fsp3) is 0.688. The Morgan fingerprint density at radius 2 is 2.09 bits per heavy atom. The molecule has 120 valence electrons. The van der Waals surface area contributed by atoms with Gasteiger partial charge in [0.1, 0.15) is 11.6 Å². The molecule has 3 rings (SSSR count). The number of nitrogens with zero attached hydrogens (tertiary/aromatic N) is 5. The summed E-state index contributed by atoms with van der Waals surface area (Å²) in [4.78, 5) is 12.0. The molecule has 0 saturated carbocycles. The molecule has 1 aliphatic heterocycles. The van der Waals surface area contributed by atoms with Gasteiger partial charge in [0, 0.05) is 38.6 Å². The summed E-state index contributed by atoms with van der Waals surface area (Å²) < 4.78 is 7.14. The van der Waals surface area contributed by atoms with Crippen LogP contribution in [0.4, 0.5) is 5.82 Å². The number of aromatic nitrogens is 4. The van der Waals surface area contributed by atoms with Crippen LogP contribution in [0.15, 0.2) is 6.20 Å². The quantitative estimate of drug-likeness (QED) is 0.869. The third kappa shape index (κ3) is 2.67. The first kappa shape index (κ1) is 15.2. The first-order valence-electron chi connectivity index (χ1n) is 7.84. The van der Waals surface area contributed by atoms with Gasteiger partial charge < -0.3 is 9.64 Å². The van der Waals surface area contributed by atoms with E-state index in [0.29, 0.717) is 5.92 Å². The van der Waals surface area contributed by atoms with Crippen LogP contribution < -0.4 is 4.90 Å². The summed E-state index contributed by atoms with van der Waals surface area (Å²) in [6.07, 6.45) is 3.02. The number of methoxy groups -OCH3 is 1. The minimum atomic E-state index is -0.0845. The second-order valence-corrected chi connectivity index (χ2v) is 7.18. The highest BCUT2D eigenvalue weighted by atomic mass is 16.5. The van der Waals surface area contributed by atoms with E-state index in [1.807, 2.05) is 17.9 Å². The fourth-order valence-corrected chi connectivity index (χ4v) is 2.98. The van der Waals surface area contributed by atoms with Gasteiger partial charge in [0.05, 0.1) is 18.2 Å². The zero-order valence-electron chi connectivity index (χ0n) is 14.1. The van der Waals surface area contributed by atoms with Gasteiger partial charge >= 0.3 is 0 Å². The van der Waals surface area contributed by atoms with Crippen LogP contribution in [0.2, 0.25) is 0 Å². The Morgan fingerprint density at radius 3 is 2.77 bits per heavy atom. The standard InChI is InChI=1S/C16H25N5O/c1-16(2,3)15-18-13-12(8-17-20(13)4)14(19-15)21-7-6-11(9-21)10-22-5/h8,11H,6-7,9-10H2,1-5H3/t11-/m1/s1. The van der Waals surface area contributed by atoms with E-state index < -0.39 is 0 Å². The molecule has 0 N–H and O–H groups in total. The van der Waals surface area contributed by atoms with Crippen molar-refractivity contribution >= 4 is 16.9 Å². The third-order valence-electron chi connectivity index (χ3n) is 4.23. The van der Waals surface area contributed by atoms with Crippen LogP contribution in [0.25, 0.3) is 11.0 Å². The SMILES string of the molecule is COC[C@@H]1CCN(c2nc(C(C)(C)C)nc3c2cnn3C)C1. The predicted octanol–water partition coefficient (Wildman–Crippen LogP) is 2.13. The van der Waals surface area contributed by atoms with Crippen molar-refractivity contribution in [3.8, 4) is 0 Å². The fourth-order valence-electron chi connectivity index (χ4n) is 2.98. The molecule has 22 heavy (non-hydrogen) atoms. The molecule has 6 nitrogen and oxygen atoms in total. The second kappa shape index (κ2) is 5.50. The third-order valence-corrected chi connectivity index (χ3v) is 4.23. The molecular formula is C16H25N5O. The highest BCUT2D eigenvalue weighted by Gasteiger charge is 2.28. The molecule has 2 aromatic rings. The zero-order chi connectivity index (χ0) is 15.9. The average Bonchev–Trinajstić information content (AvgIpc) is 3.05. The van der Waals surface area contributed by atoms with E-state index in [4.69, 9.17) is 14.7 Å². The Hall–Kier alpha value is -1.69. The van der Waals surface area contributed by atoms with E-state index in [2.05, 4.69) is 30.8 Å². The lowest BCUT2D eigenvalue weighted by Crippen LogP contribution is -2.25. The Morgan fingerprint density at radius 1 is 1.32 bits per heavy atom. The molecule has 0 aromatic carbocycles. The van der Waals surface area contributed by atoms with Crippen LogP contribution in [-0.2, 0) is 17.2 Å². The molecule has 0 aliphatic carbocycles. The summed E-state index contributed by atoms with van der Waals surface area (Å²) in [6, 6.07) is 0. The van der Waals surface area contributed by atoms with Crippen LogP contribution in [0.1, 0.15) is 33.0 Å². The van der Waals surface area contributed by atoms with E-state index in [1.165, 1.54) is 0 Å². The smallest absolute Gasteiger partial charge is 0.163 e. The summed E-state index contributed by atoms with van der Waals surface area (Å²) in [5.74, 6) is 2.46. The minimum Gasteiger partial charge on any atom is -0.384 e. The lowest BCUT2D eigenvalue weighted by molar-refractivity contribution is 0.161. The van der Waals surface area contributed by atoms with Crippen molar-refractivity contribution in [2.75, 3.05) is 31.7 Å². The van der Waals surface area contributed by atoms with Crippen molar-refractivity contribution < 1.29 is 4.74 Å². The van der Waals surface area contributed by atoms with E-state index in [0.717, 1.165) is 48.8 Å². The van der Waals surface area contributed by atoms with E-state index >= 15 is 0 Å². The highest BCUT2D eigenvalue weighted by molar-refractivity contribution is 5.87. The number of anilines is 1. The number of hydrogen-bond donors (Lipinski definition) is 0. The van der Waals surface area contributed by atoms with Gasteiger partial charge in [-0.1, -0.05) is 20.8 Å². The van der Waals surface area contributed by atoms with E-state index in [1.54, 1.807) is 7.11 Å². The number of rotatable bonds is 3. The van der Waals surface area contributed by atoms with Gasteiger partial charge in [-0.3, -0.25) is 4.68 Å². The topological polar surface area (TPSA) is 56.1 Å². The Balaban J connectivity index is 2.05. The van der Waals surface area contributed by atoms with Gasteiger partial charge in [-0.25, -0.2) is 9.97 Å². The first-order valence-corrected chi connectivity index (χ1v) is 7.84. The Bertz CT molecular complexity index is 673. The summed E-state index contributed by atoms with van der Waals surface area (Å²) in [5.41, 5.74) is 0.823. The van der Waals surface area contributed by atoms with Crippen molar-refractivity contribution in [2.24, 2.45) is 13.0 Å². The summed E-state index contributed by atoms with van der Waals surface area (Å²) in [6.45, 7) is 9.24. The lowest BCUT2D eigenvalue weighted by atomic mass is 9.95. The molecule has 1 atom stereocenters. The molecule has 1 aliphatic rings. The van der Waals surface area contributed by atoms with Crippen molar-refractivity contribution in [1.82, 2.24) is 19.7 Å². The molecule has 0 bridgehead atoms. The van der Waals surface area contributed by atoms with Crippen molar-refractivity contribution in [3.63, 3.8) is 0 Å². The molecule has 0 amide bonds. The minimum absolute atomic E-state index is 0.0845. The Kier molecular flexibility index (Phi) is 3.80. The van der Waals surface area contributed by atoms with E-state index in [9.17, 15) is 0 Å². The van der Waals surface area contributed by atoms with Gasteiger partial charge in [0.2, 0.25) is 0 Å². The van der Waals surface area contributed by atoms with Gasteiger partial charge in [-0.2, -0.15) is 5.10 Å². The summed E-state index contributed by atoms with van der Waals surface area (Å²) >= 11 is 0. The monoisotopic (exact) mass is 303 g/mol. The van der Waals surface area contributed by atoms with Gasteiger partial charge in [-0.05, 0) is 6.42 Å². The zero-order valence-corrected chi connectivity index (χ0v) is 14.1. The number of hydrogen-bond acceptors (Lipinski definition) is 5. The van der Waals surface area contributed by atoms with E-state index in [-0.39, 0.29) is 5.41 Å². The second-order valence-electron chi connectivity index (χ2n) is 7.18. The van der Waals surface area contributed by atoms with Crippen LogP contribution >= 0.6 is 0 Å². The van der Waals surface area contributed by atoms with Crippen LogP contribution in [0, 0.1) is 5.92 Å². The summed E-state index contributed by atoms with van der Waals surface area (Å²) in [7, 11) is 3.70. The predicted molar refractivity (Wildman–Crippen MR) is 87.2 cm³/mol. The van der Waals surface area contributed by atoms with Crippen molar-refractivity contribution in [2.45, 2.75) is 32.6 Å². The molecule has 0 radical (unpaired) electrons. The first-order chi connectivity index (χ1) is 10.4. The number of ether oxygens (including phenoxy) is 1. The van der Waals surface area contributed by atoms with Gasteiger partial charge in [0.15, 0.2) is 5.65 Å². The van der Waals surface area contributed by atoms with Gasteiger partial charge in [-0.15, -0.1) is 0 Å². The highest BCUT2D eigenvalue weighted by Crippen LogP contribution is 2.31. The normalized spacial score (nSPS) is 19.3. The average molecular weight is 303 g/mol. The molecule has 1 saturated heterocycles. The molecular weight excluding hydrogens is 278 g/mol. The van der Waals surface area contributed by atoms with Crippen molar-refractivity contribution in [1.29, 1.82) is 0 Å².